The number of rotatable bonds is 7. The third kappa shape index (κ3) is 6.12. The number of likely N-dealkylation sites (tertiary alicyclic amines) is 1. The summed E-state index contributed by atoms with van der Waals surface area (Å²) >= 11 is 2.05. The molecule has 1 heterocycles. The Bertz CT molecular complexity index is 189. The summed E-state index contributed by atoms with van der Waals surface area (Å²) < 4.78 is 0. The highest BCUT2D eigenvalue weighted by Crippen LogP contribution is 2.14. The fourth-order valence-corrected chi connectivity index (χ4v) is 3.28. The highest BCUT2D eigenvalue weighted by molar-refractivity contribution is 7.99. The van der Waals surface area contributed by atoms with Gasteiger partial charge in [0.2, 0.25) is 0 Å². The van der Waals surface area contributed by atoms with Crippen LogP contribution in [0.4, 0.5) is 0 Å². The lowest BCUT2D eigenvalue weighted by Gasteiger charge is -2.36. The Balaban J connectivity index is 2.12. The molecular formula is C14H30N2S. The maximum absolute atomic E-state index is 3.80. The van der Waals surface area contributed by atoms with Gasteiger partial charge in [-0.25, -0.2) is 0 Å². The summed E-state index contributed by atoms with van der Waals surface area (Å²) in [6, 6.07) is 2.16. The van der Waals surface area contributed by atoms with Crippen LogP contribution < -0.4 is 5.32 Å². The van der Waals surface area contributed by atoms with Crippen LogP contribution in [-0.4, -0.2) is 47.6 Å². The predicted octanol–water partition coefficient (Wildman–Crippen LogP) is 2.98. The van der Waals surface area contributed by atoms with Crippen molar-refractivity contribution in [3.63, 3.8) is 0 Å². The molecule has 0 saturated carbocycles. The second-order valence-corrected chi connectivity index (χ2v) is 6.85. The second-order valence-electron chi connectivity index (χ2n) is 5.46. The van der Waals surface area contributed by atoms with Crippen molar-refractivity contribution < 1.29 is 0 Å². The lowest BCUT2D eigenvalue weighted by molar-refractivity contribution is 0.157. The van der Waals surface area contributed by atoms with Gasteiger partial charge in [0.25, 0.3) is 0 Å². The number of hydrogen-bond donors (Lipinski definition) is 1. The first kappa shape index (κ1) is 15.3. The van der Waals surface area contributed by atoms with Crippen LogP contribution in [0.2, 0.25) is 0 Å². The molecule has 0 aromatic carbocycles. The molecule has 1 unspecified atom stereocenters. The Labute approximate surface area is 112 Å². The quantitative estimate of drug-likeness (QED) is 0.707. The zero-order valence-electron chi connectivity index (χ0n) is 12.0. The van der Waals surface area contributed by atoms with Crippen LogP contribution in [0.1, 0.15) is 47.0 Å². The van der Waals surface area contributed by atoms with E-state index in [1.807, 2.05) is 0 Å². The van der Waals surface area contributed by atoms with Gasteiger partial charge in [0.05, 0.1) is 0 Å². The molecule has 1 rings (SSSR count). The van der Waals surface area contributed by atoms with Crippen molar-refractivity contribution in [1.82, 2.24) is 10.2 Å². The fraction of sp³-hybridized carbons (Fsp3) is 1.00. The molecule has 1 fully saturated rings. The zero-order valence-corrected chi connectivity index (χ0v) is 12.9. The van der Waals surface area contributed by atoms with E-state index in [2.05, 4.69) is 49.7 Å². The predicted molar refractivity (Wildman–Crippen MR) is 79.9 cm³/mol. The van der Waals surface area contributed by atoms with E-state index in [9.17, 15) is 0 Å². The number of nitrogens with one attached hydrogen (secondary N) is 1. The molecule has 0 amide bonds. The Morgan fingerprint density at radius 3 is 2.41 bits per heavy atom. The van der Waals surface area contributed by atoms with E-state index in [4.69, 9.17) is 0 Å². The highest BCUT2D eigenvalue weighted by Gasteiger charge is 2.21. The van der Waals surface area contributed by atoms with Crippen LogP contribution in [0.15, 0.2) is 0 Å². The molecule has 0 bridgehead atoms. The van der Waals surface area contributed by atoms with Gasteiger partial charge in [-0.2, -0.15) is 11.8 Å². The lowest BCUT2D eigenvalue weighted by Crippen LogP contribution is -2.47. The van der Waals surface area contributed by atoms with Crippen molar-refractivity contribution in [3.8, 4) is 0 Å². The summed E-state index contributed by atoms with van der Waals surface area (Å²) in [4.78, 5) is 2.59. The summed E-state index contributed by atoms with van der Waals surface area (Å²) in [7, 11) is 0. The van der Waals surface area contributed by atoms with Crippen LogP contribution in [0, 0.1) is 0 Å². The SMILES string of the molecule is CCSCCC(C)NC1CCN(C(C)C)CC1. The van der Waals surface area contributed by atoms with Gasteiger partial charge in [-0.1, -0.05) is 6.92 Å². The van der Waals surface area contributed by atoms with Gasteiger partial charge >= 0.3 is 0 Å². The third-order valence-electron chi connectivity index (χ3n) is 3.68. The zero-order chi connectivity index (χ0) is 12.7. The van der Waals surface area contributed by atoms with Crippen LogP contribution >= 0.6 is 11.8 Å². The summed E-state index contributed by atoms with van der Waals surface area (Å²) in [5.41, 5.74) is 0. The molecule has 102 valence electrons. The van der Waals surface area contributed by atoms with E-state index in [0.717, 1.165) is 6.04 Å². The Hall–Kier alpha value is 0.270. The number of piperidine rings is 1. The van der Waals surface area contributed by atoms with Gasteiger partial charge < -0.3 is 10.2 Å². The molecule has 1 saturated heterocycles. The summed E-state index contributed by atoms with van der Waals surface area (Å²) in [6.07, 6.45) is 3.95. The van der Waals surface area contributed by atoms with Gasteiger partial charge in [-0.3, -0.25) is 0 Å². The molecule has 17 heavy (non-hydrogen) atoms. The second kappa shape index (κ2) is 8.39. The molecule has 0 radical (unpaired) electrons. The molecule has 0 aromatic rings. The molecule has 2 nitrogen and oxygen atoms in total. The van der Waals surface area contributed by atoms with Gasteiger partial charge in [0, 0.05) is 18.1 Å². The van der Waals surface area contributed by atoms with Crippen LogP contribution in [0.25, 0.3) is 0 Å². The summed E-state index contributed by atoms with van der Waals surface area (Å²) in [5.74, 6) is 2.55. The average Bonchev–Trinajstić information content (AvgIpc) is 2.30. The normalized spacial score (nSPS) is 21.0. The molecule has 0 aliphatic carbocycles. The van der Waals surface area contributed by atoms with Crippen LogP contribution in [-0.2, 0) is 0 Å². The van der Waals surface area contributed by atoms with E-state index in [1.165, 1.54) is 43.9 Å². The Morgan fingerprint density at radius 2 is 1.88 bits per heavy atom. The minimum atomic E-state index is 0.685. The summed E-state index contributed by atoms with van der Waals surface area (Å²) in [6.45, 7) is 11.7. The Kier molecular flexibility index (Phi) is 7.56. The molecule has 0 aromatic heterocycles. The van der Waals surface area contributed by atoms with Crippen LogP contribution in [0.5, 0.6) is 0 Å². The maximum Gasteiger partial charge on any atom is 0.00938 e. The van der Waals surface area contributed by atoms with Crippen molar-refractivity contribution >= 4 is 11.8 Å². The molecule has 1 aliphatic rings. The maximum atomic E-state index is 3.80. The lowest BCUT2D eigenvalue weighted by atomic mass is 10.0. The monoisotopic (exact) mass is 258 g/mol. The molecule has 1 atom stereocenters. The van der Waals surface area contributed by atoms with E-state index >= 15 is 0 Å². The van der Waals surface area contributed by atoms with E-state index in [0.29, 0.717) is 12.1 Å². The van der Waals surface area contributed by atoms with Crippen LogP contribution in [0.3, 0.4) is 0 Å². The fourth-order valence-electron chi connectivity index (χ4n) is 2.47. The number of thioether (sulfide) groups is 1. The van der Waals surface area contributed by atoms with Crippen molar-refractivity contribution in [2.45, 2.75) is 65.1 Å². The molecule has 3 heteroatoms. The average molecular weight is 258 g/mol. The van der Waals surface area contributed by atoms with Gasteiger partial charge in [-0.15, -0.1) is 0 Å². The molecule has 1 aliphatic heterocycles. The standard InChI is InChI=1S/C14H30N2S/c1-5-17-11-8-13(4)15-14-6-9-16(10-7-14)12(2)3/h12-15H,5-11H2,1-4H3. The largest absolute Gasteiger partial charge is 0.311 e. The van der Waals surface area contributed by atoms with E-state index < -0.39 is 0 Å². The first-order chi connectivity index (χ1) is 8.13. The van der Waals surface area contributed by atoms with Crippen molar-refractivity contribution in [1.29, 1.82) is 0 Å². The first-order valence-electron chi connectivity index (χ1n) is 7.21. The van der Waals surface area contributed by atoms with Crippen molar-refractivity contribution in [2.75, 3.05) is 24.6 Å². The van der Waals surface area contributed by atoms with Gasteiger partial charge in [0.1, 0.15) is 0 Å². The Morgan fingerprint density at radius 1 is 1.24 bits per heavy atom. The molecule has 1 N–H and O–H groups in total. The summed E-state index contributed by atoms with van der Waals surface area (Å²) in [5, 5.41) is 3.80. The number of hydrogen-bond acceptors (Lipinski definition) is 3. The third-order valence-corrected chi connectivity index (χ3v) is 4.61. The van der Waals surface area contributed by atoms with Crippen molar-refractivity contribution in [3.05, 3.63) is 0 Å². The number of nitrogens with zero attached hydrogens (tertiary/aromatic N) is 1. The molecular weight excluding hydrogens is 228 g/mol. The first-order valence-corrected chi connectivity index (χ1v) is 8.36. The smallest absolute Gasteiger partial charge is 0.00938 e. The van der Waals surface area contributed by atoms with Gasteiger partial charge in [-0.05, 0) is 64.6 Å². The minimum Gasteiger partial charge on any atom is -0.311 e. The minimum absolute atomic E-state index is 0.685. The molecule has 0 spiro atoms. The highest BCUT2D eigenvalue weighted by atomic mass is 32.2. The van der Waals surface area contributed by atoms with E-state index in [-0.39, 0.29) is 0 Å². The topological polar surface area (TPSA) is 15.3 Å². The van der Waals surface area contributed by atoms with Crippen molar-refractivity contribution in [2.24, 2.45) is 0 Å². The van der Waals surface area contributed by atoms with E-state index in [1.54, 1.807) is 0 Å². The van der Waals surface area contributed by atoms with Gasteiger partial charge in [0.15, 0.2) is 0 Å².